The number of carbonyl (C=O) groups excluding carboxylic acids is 1. The fourth-order valence-electron chi connectivity index (χ4n) is 9.09. The van der Waals surface area contributed by atoms with Crippen molar-refractivity contribution >= 4 is 68.1 Å². The van der Waals surface area contributed by atoms with Crippen LogP contribution in [0.25, 0.3) is 17.2 Å². The maximum atomic E-state index is 13.1. The number of amides is 1. The van der Waals surface area contributed by atoms with E-state index in [0.717, 1.165) is 34.1 Å². The number of aliphatic hydroxyl groups is 1. The van der Waals surface area contributed by atoms with Crippen LogP contribution in [0.5, 0.6) is 11.5 Å². The molecule has 0 radical (unpaired) electrons. The number of fused-ring (bicyclic) bond motifs is 4. The number of ether oxygens (including phenoxy) is 2. The third-order valence-electron chi connectivity index (χ3n) is 11.9. The molecule has 5 heterocycles. The zero-order valence-electron chi connectivity index (χ0n) is 39.1. The highest BCUT2D eigenvalue weighted by molar-refractivity contribution is 7.86. The van der Waals surface area contributed by atoms with Crippen molar-refractivity contribution in [2.75, 3.05) is 36.9 Å². The fourth-order valence-corrected chi connectivity index (χ4v) is 12.7. The van der Waals surface area contributed by atoms with Gasteiger partial charge in [0.25, 0.3) is 5.56 Å². The van der Waals surface area contributed by atoms with Gasteiger partial charge in [-0.3, -0.25) is 23.7 Å². The summed E-state index contributed by atoms with van der Waals surface area (Å²) >= 11 is 0. The Labute approximate surface area is 405 Å². The van der Waals surface area contributed by atoms with Crippen LogP contribution in [0.3, 0.4) is 0 Å². The number of H-pyrrole nitrogens is 1. The first kappa shape index (κ1) is 54.0. The number of carbonyl (C=O) groups is 1. The monoisotopic (exact) mass is 1070 g/mol. The van der Waals surface area contributed by atoms with E-state index in [1.807, 2.05) is 30.6 Å². The lowest BCUT2D eigenvalue weighted by Crippen LogP contribution is -2.50. The fraction of sp³-hybridized carbons (Fsp3) is 0.452. The van der Waals surface area contributed by atoms with Crippen molar-refractivity contribution in [3.05, 3.63) is 96.9 Å². The first-order valence-electron chi connectivity index (χ1n) is 21.9. The molecule has 4 aliphatic heterocycles. The van der Waals surface area contributed by atoms with Crippen LogP contribution in [-0.2, 0) is 46.5 Å². The minimum absolute atomic E-state index is 0.0463. The minimum Gasteiger partial charge on any atom is -0.748 e. The largest absolute Gasteiger partial charge is 0.748 e. The maximum Gasteiger partial charge on any atom is 0.490 e. The van der Waals surface area contributed by atoms with Crippen molar-refractivity contribution < 1.29 is 78.8 Å². The Morgan fingerprint density at radius 3 is 2.44 bits per heavy atom. The number of benzene rings is 2. The summed E-state index contributed by atoms with van der Waals surface area (Å²) in [6.07, 6.45) is 3.67. The summed E-state index contributed by atoms with van der Waals surface area (Å²) < 4.78 is 98.0. The molecule has 0 bridgehead atoms. The number of phosphoric ester groups is 1. The van der Waals surface area contributed by atoms with Crippen molar-refractivity contribution in [1.82, 2.24) is 19.4 Å². The lowest BCUT2D eigenvalue weighted by molar-refractivity contribution is -0.121. The molecule has 71 heavy (non-hydrogen) atoms. The molecule has 1 fully saturated rings. The molecule has 1 saturated heterocycles. The van der Waals surface area contributed by atoms with Gasteiger partial charge in [0.05, 0.1) is 51.3 Å². The van der Waals surface area contributed by atoms with Crippen LogP contribution >= 0.6 is 23.5 Å². The van der Waals surface area contributed by atoms with Crippen LogP contribution in [0.1, 0.15) is 83.7 Å². The summed E-state index contributed by atoms with van der Waals surface area (Å²) in [5.41, 5.74) is 1.62. The van der Waals surface area contributed by atoms with Gasteiger partial charge in [-0.2, -0.15) is 8.62 Å². The molecular weight excluding hydrogens is 1020 g/mol. The second kappa shape index (κ2) is 19.9. The summed E-state index contributed by atoms with van der Waals surface area (Å²) in [5, 5.41) is 14.3. The van der Waals surface area contributed by atoms with Crippen LogP contribution in [0.2, 0.25) is 0 Å². The molecule has 0 aliphatic carbocycles. The molecule has 1 aromatic heterocycles. The second-order valence-electron chi connectivity index (χ2n) is 18.2. The molecule has 7 rings (SSSR count). The maximum absolute atomic E-state index is 13.1. The number of aromatic amines is 1. The Balaban J connectivity index is 1.02. The van der Waals surface area contributed by atoms with E-state index < -0.39 is 81.2 Å². The van der Waals surface area contributed by atoms with Gasteiger partial charge >= 0.3 is 29.2 Å². The van der Waals surface area contributed by atoms with Crippen LogP contribution in [-0.4, -0.2) is 108 Å². The molecule has 7 N–H and O–H groups in total. The molecule has 2 aromatic carbocycles. The summed E-state index contributed by atoms with van der Waals surface area (Å²) in [6.45, 7) is 12.2. The van der Waals surface area contributed by atoms with Crippen molar-refractivity contribution in [1.29, 1.82) is 0 Å². The average Bonchev–Trinajstić information content (AvgIpc) is 3.59. The third-order valence-corrected chi connectivity index (χ3v) is 16.4. The van der Waals surface area contributed by atoms with E-state index in [-0.39, 0.29) is 36.4 Å². The van der Waals surface area contributed by atoms with Crippen LogP contribution in [0, 0.1) is 0 Å². The van der Waals surface area contributed by atoms with E-state index in [4.69, 9.17) is 24.3 Å². The van der Waals surface area contributed by atoms with Gasteiger partial charge in [0.15, 0.2) is 17.0 Å². The minimum atomic E-state index is -5.80. The van der Waals surface area contributed by atoms with Gasteiger partial charge in [0, 0.05) is 69.7 Å². The quantitative estimate of drug-likeness (QED) is 0.0427. The van der Waals surface area contributed by atoms with Crippen LogP contribution in [0.15, 0.2) is 63.3 Å². The number of phosphoric acid groups is 3. The summed E-state index contributed by atoms with van der Waals surface area (Å²) in [4.78, 5) is 84.3. The molecule has 3 aromatic rings. The van der Waals surface area contributed by atoms with E-state index in [0.29, 0.717) is 52.0 Å². The van der Waals surface area contributed by atoms with Gasteiger partial charge < -0.3 is 48.9 Å². The average molecular weight is 1070 g/mol. The highest BCUT2D eigenvalue weighted by Gasteiger charge is 2.43. The molecule has 4 aliphatic rings. The van der Waals surface area contributed by atoms with Gasteiger partial charge in [-0.25, -0.2) is 36.5 Å². The number of anilines is 1. The van der Waals surface area contributed by atoms with Crippen LogP contribution < -0.4 is 41.5 Å². The summed E-state index contributed by atoms with van der Waals surface area (Å²) in [7, 11) is -21.7. The number of hydrogen-bond donors (Lipinski definition) is 7. The van der Waals surface area contributed by atoms with Crippen LogP contribution in [0.4, 0.5) is 11.4 Å². The SMILES string of the molecule is CCN1c2cc3c(cc2C(C)=CC1(C)C)N=c1cc2c(cc1O3)=[N+](CCCC(=O)NC/C=C/c1cn([C@H]3C[C@H](O)[C@@H](COP(=O)(O)OP(=O)(O)OP(=O)(O)O)O3)c(=O)[nH]c1=O)C(C)(C)C=C2CS(=O)(=O)[O-]. The molecule has 1 amide bonds. The normalized spacial score (nSPS) is 21.9. The number of aliphatic hydroxyl groups excluding tert-OH is 1. The van der Waals surface area contributed by atoms with Crippen molar-refractivity contribution in [3.8, 4) is 11.5 Å². The molecule has 25 nitrogen and oxygen atoms in total. The first-order chi connectivity index (χ1) is 32.8. The molecular formula is C42H53N6O19P3S. The number of rotatable bonds is 18. The third kappa shape index (κ3) is 12.7. The predicted octanol–water partition coefficient (Wildman–Crippen LogP) is 2.43. The number of likely N-dealkylation sites (N-methyl/N-ethyl adjacent to an activating group) is 1. The Kier molecular flexibility index (Phi) is 15.2. The van der Waals surface area contributed by atoms with Gasteiger partial charge in [0.2, 0.25) is 11.3 Å². The molecule has 386 valence electrons. The predicted molar refractivity (Wildman–Crippen MR) is 254 cm³/mol. The van der Waals surface area contributed by atoms with Gasteiger partial charge in [0.1, 0.15) is 29.9 Å². The number of nitrogens with one attached hydrogen (secondary N) is 2. The summed E-state index contributed by atoms with van der Waals surface area (Å²) in [6, 6.07) is 7.46. The van der Waals surface area contributed by atoms with E-state index in [9.17, 15) is 55.9 Å². The van der Waals surface area contributed by atoms with Crippen molar-refractivity contribution in [2.45, 2.75) is 90.3 Å². The Morgan fingerprint density at radius 2 is 1.76 bits per heavy atom. The number of nitrogens with zero attached hydrogens (tertiary/aromatic N) is 4. The Hall–Kier alpha value is -4.75. The molecule has 2 unspecified atom stereocenters. The lowest BCUT2D eigenvalue weighted by Gasteiger charge is -2.43. The highest BCUT2D eigenvalue weighted by atomic mass is 32.2. The zero-order chi connectivity index (χ0) is 52.2. The zero-order valence-corrected chi connectivity index (χ0v) is 42.6. The van der Waals surface area contributed by atoms with E-state index in [1.165, 1.54) is 12.2 Å². The molecule has 0 saturated carbocycles. The van der Waals surface area contributed by atoms with Crippen molar-refractivity contribution in [2.24, 2.45) is 4.99 Å². The van der Waals surface area contributed by atoms with Gasteiger partial charge in [-0.05, 0) is 57.0 Å². The van der Waals surface area contributed by atoms with Gasteiger partial charge in [-0.1, -0.05) is 18.2 Å². The number of aromatic nitrogens is 2. The topological polar surface area (TPSA) is 358 Å². The number of allylic oxidation sites excluding steroid dienone is 1. The van der Waals surface area contributed by atoms with Gasteiger partial charge in [-0.15, -0.1) is 0 Å². The smallest absolute Gasteiger partial charge is 0.490 e. The highest BCUT2D eigenvalue weighted by Crippen LogP contribution is 2.66. The Morgan fingerprint density at radius 1 is 1.04 bits per heavy atom. The number of hydrogen-bond acceptors (Lipinski definition) is 17. The van der Waals surface area contributed by atoms with E-state index >= 15 is 0 Å². The van der Waals surface area contributed by atoms with E-state index in [2.05, 4.69) is 62.1 Å². The lowest BCUT2D eigenvalue weighted by atomic mass is 9.88. The summed E-state index contributed by atoms with van der Waals surface area (Å²) in [5.74, 6) is -0.125. The molecule has 29 heteroatoms. The second-order valence-corrected chi connectivity index (χ2v) is 24.0. The molecule has 0 spiro atoms. The van der Waals surface area contributed by atoms with Crippen molar-refractivity contribution in [3.63, 3.8) is 0 Å². The first-order valence-corrected chi connectivity index (χ1v) is 28.0. The Bertz CT molecular complexity index is 3290. The van der Waals surface area contributed by atoms with E-state index in [1.54, 1.807) is 18.2 Å². The molecule has 5 atom stereocenters. The standard InChI is InChI=1S/C42H53N6O19P3S/c1-7-47-31-16-34-29(14-27(31)24(2)19-41(47,3)4)44-30-15-28-26(23-71(60,61)62)20-42(5,6)48(32(28)17-35(30)64-34)13-9-11-37(50)43-12-8-10-25-21-46(40(52)45-39(25)51)38-18-33(49)36(65-38)22-63-69(56,57)67-70(58,59)66-68(53,54)55/h8,10,14-17,19-21,33,36,38,49H,7,9,11-13,18,22-23H2,1-6H3,(H6-,43,45,50,51,52,53,54,55,56,57,58,59,60,61,62)/b10-8+/t33-,36+,38+/m0/s1.